The molecule has 0 unspecified atom stereocenters. The number of rotatable bonds is 6. The van der Waals surface area contributed by atoms with Crippen LogP contribution in [0.25, 0.3) is 0 Å². The van der Waals surface area contributed by atoms with Gasteiger partial charge in [0, 0.05) is 17.8 Å². The Kier molecular flexibility index (Phi) is 6.52. The van der Waals surface area contributed by atoms with Crippen molar-refractivity contribution >= 4 is 17.3 Å². The molecular formula is C22H23F3N2O4. The van der Waals surface area contributed by atoms with E-state index in [0.717, 1.165) is 25.3 Å². The fraction of sp³-hybridized carbons (Fsp3) is 0.409. The van der Waals surface area contributed by atoms with E-state index in [4.69, 9.17) is 4.74 Å². The van der Waals surface area contributed by atoms with Crippen LogP contribution in [0.15, 0.2) is 42.5 Å². The van der Waals surface area contributed by atoms with Crippen molar-refractivity contribution in [1.29, 1.82) is 0 Å². The normalized spacial score (nSPS) is 15.9. The molecule has 0 saturated heterocycles. The Labute approximate surface area is 177 Å². The van der Waals surface area contributed by atoms with Crippen molar-refractivity contribution in [3.8, 4) is 5.75 Å². The van der Waals surface area contributed by atoms with E-state index in [1.165, 1.54) is 24.3 Å². The molecule has 166 valence electrons. The maximum absolute atomic E-state index is 13.4. The molecule has 0 atom stereocenters. The SMILES string of the molecule is CCOc1ccc(NC(=O)C2(c3ccc([N+](=O)[O-])cc3)CCCCC2)cc1C(F)(F)F. The predicted molar refractivity (Wildman–Crippen MR) is 109 cm³/mol. The summed E-state index contributed by atoms with van der Waals surface area (Å²) >= 11 is 0. The zero-order valence-electron chi connectivity index (χ0n) is 17.0. The van der Waals surface area contributed by atoms with Gasteiger partial charge in [-0.3, -0.25) is 14.9 Å². The number of hydrogen-bond donors (Lipinski definition) is 1. The van der Waals surface area contributed by atoms with E-state index in [-0.39, 0.29) is 23.7 Å². The Morgan fingerprint density at radius 3 is 2.32 bits per heavy atom. The molecule has 6 nitrogen and oxygen atoms in total. The van der Waals surface area contributed by atoms with E-state index in [9.17, 15) is 28.1 Å². The van der Waals surface area contributed by atoms with Crippen molar-refractivity contribution < 1.29 is 27.6 Å². The van der Waals surface area contributed by atoms with Crippen LogP contribution in [0.5, 0.6) is 5.75 Å². The second-order valence-corrected chi connectivity index (χ2v) is 7.54. The van der Waals surface area contributed by atoms with Crippen molar-refractivity contribution in [1.82, 2.24) is 0 Å². The van der Waals surface area contributed by atoms with Crippen LogP contribution in [-0.4, -0.2) is 17.4 Å². The van der Waals surface area contributed by atoms with Gasteiger partial charge in [0.25, 0.3) is 5.69 Å². The highest BCUT2D eigenvalue weighted by atomic mass is 19.4. The van der Waals surface area contributed by atoms with Crippen molar-refractivity contribution in [3.05, 3.63) is 63.7 Å². The summed E-state index contributed by atoms with van der Waals surface area (Å²) in [6, 6.07) is 9.25. The van der Waals surface area contributed by atoms with Crippen LogP contribution in [0.2, 0.25) is 0 Å². The number of nitro benzene ring substituents is 1. The Bertz CT molecular complexity index is 952. The third-order valence-corrected chi connectivity index (χ3v) is 5.62. The van der Waals surface area contributed by atoms with Gasteiger partial charge in [0.1, 0.15) is 5.75 Å². The lowest BCUT2D eigenvalue weighted by Crippen LogP contribution is -2.42. The Morgan fingerprint density at radius 1 is 1.13 bits per heavy atom. The molecule has 9 heteroatoms. The van der Waals surface area contributed by atoms with Gasteiger partial charge in [-0.25, -0.2) is 0 Å². The number of anilines is 1. The van der Waals surface area contributed by atoms with Gasteiger partial charge in [-0.05, 0) is 43.5 Å². The third kappa shape index (κ3) is 4.81. The lowest BCUT2D eigenvalue weighted by molar-refractivity contribution is -0.384. The number of nitrogens with zero attached hydrogens (tertiary/aromatic N) is 1. The van der Waals surface area contributed by atoms with Gasteiger partial charge in [-0.15, -0.1) is 0 Å². The highest BCUT2D eigenvalue weighted by Crippen LogP contribution is 2.42. The van der Waals surface area contributed by atoms with Gasteiger partial charge in [0.05, 0.1) is 22.5 Å². The molecule has 2 aromatic carbocycles. The lowest BCUT2D eigenvalue weighted by Gasteiger charge is -2.36. The molecule has 1 aliphatic rings. The van der Waals surface area contributed by atoms with E-state index in [1.54, 1.807) is 19.1 Å². The number of halogens is 3. The van der Waals surface area contributed by atoms with Gasteiger partial charge in [0.15, 0.2) is 0 Å². The predicted octanol–water partition coefficient (Wildman–Crippen LogP) is 5.85. The van der Waals surface area contributed by atoms with Crippen molar-refractivity contribution in [2.75, 3.05) is 11.9 Å². The quantitative estimate of drug-likeness (QED) is 0.455. The lowest BCUT2D eigenvalue weighted by atomic mass is 9.68. The molecule has 1 aliphatic carbocycles. The van der Waals surface area contributed by atoms with Crippen LogP contribution >= 0.6 is 0 Å². The number of carbonyl (C=O) groups excluding carboxylic acids is 1. The number of carbonyl (C=O) groups is 1. The Balaban J connectivity index is 1.94. The maximum Gasteiger partial charge on any atom is 0.420 e. The number of nitrogens with one attached hydrogen (secondary N) is 1. The van der Waals surface area contributed by atoms with Gasteiger partial charge < -0.3 is 10.1 Å². The summed E-state index contributed by atoms with van der Waals surface area (Å²) in [4.78, 5) is 23.8. The van der Waals surface area contributed by atoms with Crippen LogP contribution in [0.1, 0.15) is 50.2 Å². The molecule has 0 heterocycles. The number of benzene rings is 2. The van der Waals surface area contributed by atoms with Crippen LogP contribution in [0.4, 0.5) is 24.5 Å². The Hall–Kier alpha value is -3.10. The molecule has 0 radical (unpaired) electrons. The van der Waals surface area contributed by atoms with E-state index >= 15 is 0 Å². The van der Waals surface area contributed by atoms with Crippen LogP contribution in [0.3, 0.4) is 0 Å². The van der Waals surface area contributed by atoms with Crippen LogP contribution in [-0.2, 0) is 16.4 Å². The summed E-state index contributed by atoms with van der Waals surface area (Å²) in [6.07, 6.45) is -1.10. The molecule has 2 aromatic rings. The largest absolute Gasteiger partial charge is 0.493 e. The number of ether oxygens (including phenoxy) is 1. The smallest absolute Gasteiger partial charge is 0.420 e. The molecule has 1 amide bonds. The number of hydrogen-bond acceptors (Lipinski definition) is 4. The molecule has 0 spiro atoms. The minimum Gasteiger partial charge on any atom is -0.493 e. The minimum absolute atomic E-state index is 0.0210. The average molecular weight is 436 g/mol. The highest BCUT2D eigenvalue weighted by Gasteiger charge is 2.42. The number of nitro groups is 1. The zero-order chi connectivity index (χ0) is 22.6. The number of non-ortho nitro benzene ring substituents is 1. The summed E-state index contributed by atoms with van der Waals surface area (Å²) in [7, 11) is 0. The molecule has 1 N–H and O–H groups in total. The topological polar surface area (TPSA) is 81.5 Å². The average Bonchev–Trinajstić information content (AvgIpc) is 2.74. The fourth-order valence-corrected chi connectivity index (χ4v) is 4.07. The second-order valence-electron chi connectivity index (χ2n) is 7.54. The maximum atomic E-state index is 13.4. The van der Waals surface area contributed by atoms with Gasteiger partial charge in [-0.1, -0.05) is 31.4 Å². The van der Waals surface area contributed by atoms with Gasteiger partial charge >= 0.3 is 6.18 Å². The molecule has 1 fully saturated rings. The molecule has 0 aliphatic heterocycles. The Morgan fingerprint density at radius 2 is 1.77 bits per heavy atom. The van der Waals surface area contributed by atoms with E-state index in [2.05, 4.69) is 5.32 Å². The number of alkyl halides is 3. The first-order chi connectivity index (χ1) is 14.7. The van der Waals surface area contributed by atoms with E-state index in [0.29, 0.717) is 18.4 Å². The third-order valence-electron chi connectivity index (χ3n) is 5.62. The van der Waals surface area contributed by atoms with Crippen LogP contribution in [0, 0.1) is 10.1 Å². The molecule has 0 aromatic heterocycles. The molecular weight excluding hydrogens is 413 g/mol. The van der Waals surface area contributed by atoms with Gasteiger partial charge in [-0.2, -0.15) is 13.2 Å². The summed E-state index contributed by atoms with van der Waals surface area (Å²) < 4.78 is 45.4. The molecule has 0 bridgehead atoms. The first-order valence-electron chi connectivity index (χ1n) is 10.1. The first kappa shape index (κ1) is 22.6. The molecule has 3 rings (SSSR count). The summed E-state index contributed by atoms with van der Waals surface area (Å²) in [5, 5.41) is 13.6. The minimum atomic E-state index is -4.63. The molecule has 1 saturated carbocycles. The van der Waals surface area contributed by atoms with Crippen LogP contribution < -0.4 is 10.1 Å². The van der Waals surface area contributed by atoms with Crippen molar-refractivity contribution in [2.24, 2.45) is 0 Å². The van der Waals surface area contributed by atoms with Crippen molar-refractivity contribution in [2.45, 2.75) is 50.6 Å². The fourth-order valence-electron chi connectivity index (χ4n) is 4.07. The number of amides is 1. The second kappa shape index (κ2) is 8.95. The standard InChI is InChI=1S/C22H23F3N2O4/c1-2-31-19-11-8-16(14-18(19)22(23,24)25)26-20(28)21(12-4-3-5-13-21)15-6-9-17(10-7-15)27(29)30/h6-11,14H,2-5,12-13H2,1H3,(H,26,28). The first-order valence-corrected chi connectivity index (χ1v) is 10.1. The molecule has 31 heavy (non-hydrogen) atoms. The summed E-state index contributed by atoms with van der Waals surface area (Å²) in [5.74, 6) is -0.714. The van der Waals surface area contributed by atoms with E-state index in [1.807, 2.05) is 0 Å². The highest BCUT2D eigenvalue weighted by molar-refractivity contribution is 5.99. The van der Waals surface area contributed by atoms with Gasteiger partial charge in [0.2, 0.25) is 5.91 Å². The zero-order valence-corrected chi connectivity index (χ0v) is 17.0. The summed E-state index contributed by atoms with van der Waals surface area (Å²) in [5.41, 5.74) is -1.36. The summed E-state index contributed by atoms with van der Waals surface area (Å²) in [6.45, 7) is 1.67. The monoisotopic (exact) mass is 436 g/mol. The van der Waals surface area contributed by atoms with E-state index < -0.39 is 28.0 Å². The van der Waals surface area contributed by atoms with Crippen molar-refractivity contribution in [3.63, 3.8) is 0 Å².